The Hall–Kier alpha value is -1.04. The Morgan fingerprint density at radius 1 is 1.32 bits per heavy atom. The molecule has 2 rings (SSSR count). The van der Waals surface area contributed by atoms with E-state index < -0.39 is 17.2 Å². The predicted molar refractivity (Wildman–Crippen MR) is 69.9 cm³/mol. The Bertz CT molecular complexity index is 433. The van der Waals surface area contributed by atoms with Crippen molar-refractivity contribution in [1.29, 1.82) is 0 Å². The lowest BCUT2D eigenvalue weighted by Gasteiger charge is -2.40. The highest BCUT2D eigenvalue weighted by Crippen LogP contribution is 2.31. The summed E-state index contributed by atoms with van der Waals surface area (Å²) in [7, 11) is 0. The average Bonchev–Trinajstić information content (AvgIpc) is 2.70. The van der Waals surface area contributed by atoms with Gasteiger partial charge in [0.25, 0.3) is 0 Å². The Morgan fingerprint density at radius 2 is 2.11 bits per heavy atom. The van der Waals surface area contributed by atoms with E-state index in [4.69, 9.17) is 0 Å². The summed E-state index contributed by atoms with van der Waals surface area (Å²) in [4.78, 5) is 2.02. The lowest BCUT2D eigenvalue weighted by atomic mass is 9.90. The van der Waals surface area contributed by atoms with Crippen LogP contribution in [0.25, 0.3) is 0 Å². The van der Waals surface area contributed by atoms with Gasteiger partial charge in [-0.3, -0.25) is 4.90 Å². The molecule has 2 N–H and O–H groups in total. The zero-order valence-electron chi connectivity index (χ0n) is 11.1. The van der Waals surface area contributed by atoms with Crippen molar-refractivity contribution in [2.24, 2.45) is 0 Å². The standard InChI is InChI=1S/C14H20F2N2O/c1-14(10-19,18-7-2-5-17-6-8-18)12-9-11(15)3-4-13(12)16/h3-4,9,17,19H,2,5-8,10H2,1H3. The summed E-state index contributed by atoms with van der Waals surface area (Å²) in [6.07, 6.45) is 0.923. The fourth-order valence-corrected chi connectivity index (χ4v) is 2.61. The van der Waals surface area contributed by atoms with Crippen LogP contribution in [-0.4, -0.2) is 42.8 Å². The Labute approximate surface area is 112 Å². The molecular formula is C14H20F2N2O. The van der Waals surface area contributed by atoms with Gasteiger partial charge in [0.2, 0.25) is 0 Å². The van der Waals surface area contributed by atoms with Crippen molar-refractivity contribution in [3.8, 4) is 0 Å². The van der Waals surface area contributed by atoms with Gasteiger partial charge in [-0.15, -0.1) is 0 Å². The molecule has 1 fully saturated rings. The number of nitrogens with one attached hydrogen (secondary N) is 1. The van der Waals surface area contributed by atoms with Crippen LogP contribution in [-0.2, 0) is 5.54 Å². The molecule has 1 heterocycles. The minimum absolute atomic E-state index is 0.219. The normalized spacial score (nSPS) is 20.8. The summed E-state index contributed by atoms with van der Waals surface area (Å²) in [5.41, 5.74) is -0.671. The Balaban J connectivity index is 2.37. The Morgan fingerprint density at radius 3 is 2.84 bits per heavy atom. The van der Waals surface area contributed by atoms with Gasteiger partial charge in [-0.1, -0.05) is 0 Å². The molecule has 1 saturated heterocycles. The fraction of sp³-hybridized carbons (Fsp3) is 0.571. The van der Waals surface area contributed by atoms with Crippen LogP contribution >= 0.6 is 0 Å². The van der Waals surface area contributed by atoms with Crippen molar-refractivity contribution in [3.05, 3.63) is 35.4 Å². The number of nitrogens with zero attached hydrogens (tertiary/aromatic N) is 1. The monoisotopic (exact) mass is 270 g/mol. The van der Waals surface area contributed by atoms with E-state index in [0.29, 0.717) is 6.54 Å². The van der Waals surface area contributed by atoms with Crippen LogP contribution in [0.1, 0.15) is 18.9 Å². The maximum absolute atomic E-state index is 14.0. The summed E-state index contributed by atoms with van der Waals surface area (Å²) < 4.78 is 27.4. The number of hydrogen-bond donors (Lipinski definition) is 2. The zero-order valence-corrected chi connectivity index (χ0v) is 11.1. The van der Waals surface area contributed by atoms with E-state index in [1.807, 2.05) is 4.90 Å². The van der Waals surface area contributed by atoms with Gasteiger partial charge in [0, 0.05) is 25.2 Å². The van der Waals surface area contributed by atoms with Crippen molar-refractivity contribution in [2.45, 2.75) is 18.9 Å². The molecule has 1 aliphatic heterocycles. The molecule has 0 bridgehead atoms. The van der Waals surface area contributed by atoms with Gasteiger partial charge in [-0.05, 0) is 38.1 Å². The smallest absolute Gasteiger partial charge is 0.128 e. The summed E-state index contributed by atoms with van der Waals surface area (Å²) >= 11 is 0. The maximum Gasteiger partial charge on any atom is 0.128 e. The van der Waals surface area contributed by atoms with Gasteiger partial charge < -0.3 is 10.4 Å². The molecule has 0 spiro atoms. The van der Waals surface area contributed by atoms with Crippen molar-refractivity contribution in [2.75, 3.05) is 32.8 Å². The van der Waals surface area contributed by atoms with Gasteiger partial charge in [-0.2, -0.15) is 0 Å². The van der Waals surface area contributed by atoms with Crippen LogP contribution in [0.3, 0.4) is 0 Å². The van der Waals surface area contributed by atoms with Crippen LogP contribution in [0.5, 0.6) is 0 Å². The summed E-state index contributed by atoms with van der Waals surface area (Å²) in [5.74, 6) is -0.959. The van der Waals surface area contributed by atoms with E-state index in [9.17, 15) is 13.9 Å². The summed E-state index contributed by atoms with van der Waals surface area (Å²) in [6.45, 7) is 4.66. The molecule has 1 atom stereocenters. The lowest BCUT2D eigenvalue weighted by Crippen LogP contribution is -2.48. The van der Waals surface area contributed by atoms with Crippen LogP contribution in [0, 0.1) is 11.6 Å². The molecule has 1 aromatic rings. The van der Waals surface area contributed by atoms with E-state index in [2.05, 4.69) is 5.32 Å². The minimum Gasteiger partial charge on any atom is -0.394 e. The van der Waals surface area contributed by atoms with Crippen LogP contribution in [0.2, 0.25) is 0 Å². The first-order valence-corrected chi connectivity index (χ1v) is 6.60. The summed E-state index contributed by atoms with van der Waals surface area (Å²) in [6, 6.07) is 3.40. The van der Waals surface area contributed by atoms with E-state index in [1.165, 1.54) is 6.07 Å². The molecule has 3 nitrogen and oxygen atoms in total. The third-order valence-electron chi connectivity index (χ3n) is 3.85. The fourth-order valence-electron chi connectivity index (χ4n) is 2.61. The number of aliphatic hydroxyl groups is 1. The number of rotatable bonds is 3. The van der Waals surface area contributed by atoms with E-state index in [0.717, 1.165) is 38.2 Å². The SMILES string of the molecule is CC(CO)(c1cc(F)ccc1F)N1CCCNCC1. The highest BCUT2D eigenvalue weighted by molar-refractivity contribution is 5.27. The maximum atomic E-state index is 14.0. The molecule has 1 aromatic carbocycles. The van der Waals surface area contributed by atoms with E-state index in [-0.39, 0.29) is 12.2 Å². The van der Waals surface area contributed by atoms with Gasteiger partial charge in [-0.25, -0.2) is 8.78 Å². The van der Waals surface area contributed by atoms with Crippen LogP contribution in [0.15, 0.2) is 18.2 Å². The highest BCUT2D eigenvalue weighted by Gasteiger charge is 2.35. The summed E-state index contributed by atoms with van der Waals surface area (Å²) in [5, 5.41) is 13.0. The Kier molecular flexibility index (Phi) is 4.50. The van der Waals surface area contributed by atoms with Crippen molar-refractivity contribution in [1.82, 2.24) is 10.2 Å². The minimum atomic E-state index is -0.891. The largest absolute Gasteiger partial charge is 0.394 e. The number of aliphatic hydroxyl groups excluding tert-OH is 1. The molecule has 1 unspecified atom stereocenters. The van der Waals surface area contributed by atoms with Gasteiger partial charge in [0.05, 0.1) is 12.1 Å². The zero-order chi connectivity index (χ0) is 13.9. The topological polar surface area (TPSA) is 35.5 Å². The number of halogens is 2. The molecule has 0 amide bonds. The predicted octanol–water partition coefficient (Wildman–Crippen LogP) is 1.47. The third-order valence-corrected chi connectivity index (χ3v) is 3.85. The van der Waals surface area contributed by atoms with Gasteiger partial charge >= 0.3 is 0 Å². The molecule has 19 heavy (non-hydrogen) atoms. The molecule has 106 valence electrons. The van der Waals surface area contributed by atoms with Gasteiger partial charge in [0.15, 0.2) is 0 Å². The molecular weight excluding hydrogens is 250 g/mol. The highest BCUT2D eigenvalue weighted by atomic mass is 19.1. The average molecular weight is 270 g/mol. The first kappa shape index (κ1) is 14.4. The first-order chi connectivity index (χ1) is 9.08. The molecule has 5 heteroatoms. The lowest BCUT2D eigenvalue weighted by molar-refractivity contribution is 0.0422. The number of hydrogen-bond acceptors (Lipinski definition) is 3. The molecule has 0 radical (unpaired) electrons. The second kappa shape index (κ2) is 5.94. The number of benzene rings is 1. The van der Waals surface area contributed by atoms with Gasteiger partial charge in [0.1, 0.15) is 11.6 Å². The molecule has 1 aliphatic rings. The van der Waals surface area contributed by atoms with Crippen molar-refractivity contribution in [3.63, 3.8) is 0 Å². The van der Waals surface area contributed by atoms with Crippen molar-refractivity contribution >= 4 is 0 Å². The first-order valence-electron chi connectivity index (χ1n) is 6.60. The second-order valence-corrected chi connectivity index (χ2v) is 5.15. The van der Waals surface area contributed by atoms with Crippen LogP contribution < -0.4 is 5.32 Å². The van der Waals surface area contributed by atoms with Crippen LogP contribution in [0.4, 0.5) is 8.78 Å². The molecule has 0 aliphatic carbocycles. The van der Waals surface area contributed by atoms with E-state index in [1.54, 1.807) is 6.92 Å². The van der Waals surface area contributed by atoms with E-state index >= 15 is 0 Å². The molecule has 0 saturated carbocycles. The second-order valence-electron chi connectivity index (χ2n) is 5.15. The molecule has 0 aromatic heterocycles. The van der Waals surface area contributed by atoms with Crippen molar-refractivity contribution < 1.29 is 13.9 Å². The third kappa shape index (κ3) is 2.94. The quantitative estimate of drug-likeness (QED) is 0.873.